The SMILES string of the molecule is CCc1ccc(S(=O)(=O)N2CC(N3CCC(C(N)=O)CC3)C2)cc1. The summed E-state index contributed by atoms with van der Waals surface area (Å²) in [5, 5.41) is 0. The number of primary amides is 1. The summed E-state index contributed by atoms with van der Waals surface area (Å²) in [7, 11) is -3.39. The van der Waals surface area contributed by atoms with Gasteiger partial charge in [-0.1, -0.05) is 19.1 Å². The molecule has 0 spiro atoms. The largest absolute Gasteiger partial charge is 0.369 e. The van der Waals surface area contributed by atoms with Gasteiger partial charge in [-0.2, -0.15) is 4.31 Å². The first-order chi connectivity index (χ1) is 11.4. The second kappa shape index (κ2) is 6.82. The first-order valence-electron chi connectivity index (χ1n) is 8.54. The second-order valence-electron chi connectivity index (χ2n) is 6.69. The Labute approximate surface area is 143 Å². The lowest BCUT2D eigenvalue weighted by molar-refractivity contribution is -0.123. The Morgan fingerprint density at radius 1 is 1.17 bits per heavy atom. The molecule has 0 unspecified atom stereocenters. The minimum absolute atomic E-state index is 0.0294. The smallest absolute Gasteiger partial charge is 0.243 e. The number of likely N-dealkylation sites (tertiary alicyclic amines) is 1. The highest BCUT2D eigenvalue weighted by molar-refractivity contribution is 7.89. The number of nitrogens with two attached hydrogens (primary N) is 1. The molecule has 1 aromatic rings. The minimum Gasteiger partial charge on any atom is -0.369 e. The number of sulfonamides is 1. The van der Waals surface area contributed by atoms with E-state index in [1.807, 2.05) is 19.1 Å². The van der Waals surface area contributed by atoms with Gasteiger partial charge in [0.2, 0.25) is 15.9 Å². The van der Waals surface area contributed by atoms with Crippen molar-refractivity contribution < 1.29 is 13.2 Å². The molecule has 2 saturated heterocycles. The molecule has 6 nitrogen and oxygen atoms in total. The molecular weight excluding hydrogens is 326 g/mol. The average molecular weight is 351 g/mol. The van der Waals surface area contributed by atoms with Crippen LogP contribution in [0, 0.1) is 5.92 Å². The van der Waals surface area contributed by atoms with Crippen LogP contribution in [0.25, 0.3) is 0 Å². The van der Waals surface area contributed by atoms with Gasteiger partial charge in [-0.25, -0.2) is 8.42 Å². The summed E-state index contributed by atoms with van der Waals surface area (Å²) < 4.78 is 26.8. The Hall–Kier alpha value is -1.44. The van der Waals surface area contributed by atoms with Gasteiger partial charge in [0.25, 0.3) is 0 Å². The lowest BCUT2D eigenvalue weighted by Gasteiger charge is -2.46. The van der Waals surface area contributed by atoms with E-state index in [4.69, 9.17) is 5.73 Å². The second-order valence-corrected chi connectivity index (χ2v) is 8.62. The zero-order chi connectivity index (χ0) is 17.3. The summed E-state index contributed by atoms with van der Waals surface area (Å²) in [5.41, 5.74) is 6.49. The molecule has 0 bridgehead atoms. The molecule has 2 aliphatic heterocycles. The van der Waals surface area contributed by atoms with Crippen LogP contribution in [0.3, 0.4) is 0 Å². The van der Waals surface area contributed by atoms with Crippen molar-refractivity contribution in [2.24, 2.45) is 11.7 Å². The molecule has 0 saturated carbocycles. The number of piperidine rings is 1. The number of hydrogen-bond acceptors (Lipinski definition) is 4. The molecule has 0 aromatic heterocycles. The predicted molar refractivity (Wildman–Crippen MR) is 91.9 cm³/mol. The molecule has 0 aliphatic carbocycles. The van der Waals surface area contributed by atoms with Crippen molar-refractivity contribution in [1.29, 1.82) is 0 Å². The van der Waals surface area contributed by atoms with Gasteiger partial charge in [0.15, 0.2) is 0 Å². The average Bonchev–Trinajstić information content (AvgIpc) is 2.54. The summed E-state index contributed by atoms with van der Waals surface area (Å²) in [6.07, 6.45) is 2.45. The quantitative estimate of drug-likeness (QED) is 0.851. The lowest BCUT2D eigenvalue weighted by Crippen LogP contribution is -2.62. The third-order valence-electron chi connectivity index (χ3n) is 5.25. The summed E-state index contributed by atoms with van der Waals surface area (Å²) in [5.74, 6) is -0.249. The first-order valence-corrected chi connectivity index (χ1v) is 9.98. The van der Waals surface area contributed by atoms with Gasteiger partial charge in [0.1, 0.15) is 0 Å². The van der Waals surface area contributed by atoms with Crippen molar-refractivity contribution >= 4 is 15.9 Å². The van der Waals surface area contributed by atoms with E-state index in [0.717, 1.165) is 37.9 Å². The van der Waals surface area contributed by atoms with Crippen molar-refractivity contribution in [3.05, 3.63) is 29.8 Å². The van der Waals surface area contributed by atoms with Crippen LogP contribution in [0.15, 0.2) is 29.2 Å². The lowest BCUT2D eigenvalue weighted by atomic mass is 9.94. The highest BCUT2D eigenvalue weighted by Crippen LogP contribution is 2.27. The fourth-order valence-corrected chi connectivity index (χ4v) is 4.95. The van der Waals surface area contributed by atoms with E-state index >= 15 is 0 Å². The van der Waals surface area contributed by atoms with Gasteiger partial charge in [0.05, 0.1) is 4.90 Å². The highest BCUT2D eigenvalue weighted by atomic mass is 32.2. The Balaban J connectivity index is 1.56. The van der Waals surface area contributed by atoms with Gasteiger partial charge >= 0.3 is 0 Å². The van der Waals surface area contributed by atoms with E-state index in [9.17, 15) is 13.2 Å². The maximum atomic E-state index is 12.6. The summed E-state index contributed by atoms with van der Waals surface area (Å²) in [4.78, 5) is 13.9. The molecule has 7 heteroatoms. The van der Waals surface area contributed by atoms with Crippen LogP contribution in [-0.4, -0.2) is 55.8 Å². The summed E-state index contributed by atoms with van der Waals surface area (Å²) in [6.45, 7) is 4.73. The van der Waals surface area contributed by atoms with Crippen LogP contribution < -0.4 is 5.73 Å². The van der Waals surface area contributed by atoms with Crippen LogP contribution in [-0.2, 0) is 21.2 Å². The van der Waals surface area contributed by atoms with E-state index in [1.165, 1.54) is 0 Å². The number of carbonyl (C=O) groups excluding carboxylic acids is 1. The number of rotatable bonds is 5. The molecule has 1 aromatic carbocycles. The van der Waals surface area contributed by atoms with E-state index in [0.29, 0.717) is 18.0 Å². The maximum absolute atomic E-state index is 12.6. The number of benzene rings is 1. The molecule has 2 aliphatic rings. The molecule has 2 N–H and O–H groups in total. The number of aryl methyl sites for hydroxylation is 1. The zero-order valence-electron chi connectivity index (χ0n) is 14.0. The summed E-state index contributed by atoms with van der Waals surface area (Å²) >= 11 is 0. The standard InChI is InChI=1S/C17H25N3O3S/c1-2-13-3-5-16(6-4-13)24(22,23)20-11-15(12-20)19-9-7-14(8-10-19)17(18)21/h3-6,14-15H,2,7-12H2,1H3,(H2,18,21). The fraction of sp³-hybridized carbons (Fsp3) is 0.588. The van der Waals surface area contributed by atoms with Crippen molar-refractivity contribution in [3.8, 4) is 0 Å². The van der Waals surface area contributed by atoms with Crippen LogP contribution in [0.2, 0.25) is 0 Å². The monoisotopic (exact) mass is 351 g/mol. The fourth-order valence-electron chi connectivity index (χ4n) is 3.44. The van der Waals surface area contributed by atoms with Crippen LogP contribution in [0.1, 0.15) is 25.3 Å². The maximum Gasteiger partial charge on any atom is 0.243 e. The molecule has 132 valence electrons. The Bertz CT molecular complexity index is 688. The molecule has 24 heavy (non-hydrogen) atoms. The van der Waals surface area contributed by atoms with E-state index < -0.39 is 10.0 Å². The van der Waals surface area contributed by atoms with Gasteiger partial charge in [-0.15, -0.1) is 0 Å². The Morgan fingerprint density at radius 3 is 2.25 bits per heavy atom. The topological polar surface area (TPSA) is 83.7 Å². The van der Waals surface area contributed by atoms with Crippen LogP contribution >= 0.6 is 0 Å². The molecule has 3 rings (SSSR count). The first kappa shape index (κ1) is 17.4. The number of hydrogen-bond donors (Lipinski definition) is 1. The van der Waals surface area contributed by atoms with E-state index in [-0.39, 0.29) is 17.9 Å². The summed E-state index contributed by atoms with van der Waals surface area (Å²) in [6, 6.07) is 7.39. The normalized spacial score (nSPS) is 21.5. The van der Waals surface area contributed by atoms with Gasteiger partial charge in [-0.3, -0.25) is 9.69 Å². The molecule has 1 amide bonds. The minimum atomic E-state index is -3.39. The van der Waals surface area contributed by atoms with Gasteiger partial charge in [-0.05, 0) is 50.0 Å². The van der Waals surface area contributed by atoms with Crippen LogP contribution in [0.5, 0.6) is 0 Å². The third-order valence-corrected chi connectivity index (χ3v) is 7.09. The molecule has 2 heterocycles. The molecule has 0 radical (unpaired) electrons. The number of nitrogens with zero attached hydrogens (tertiary/aromatic N) is 2. The predicted octanol–water partition coefficient (Wildman–Crippen LogP) is 0.819. The number of carbonyl (C=O) groups is 1. The Kier molecular flexibility index (Phi) is 4.94. The van der Waals surface area contributed by atoms with Crippen LogP contribution in [0.4, 0.5) is 0 Å². The molecular formula is C17H25N3O3S. The number of amides is 1. The molecule has 0 atom stereocenters. The Morgan fingerprint density at radius 2 is 1.75 bits per heavy atom. The van der Waals surface area contributed by atoms with E-state index in [1.54, 1.807) is 16.4 Å². The molecule has 2 fully saturated rings. The van der Waals surface area contributed by atoms with Gasteiger partial charge < -0.3 is 5.73 Å². The third kappa shape index (κ3) is 3.34. The zero-order valence-corrected chi connectivity index (χ0v) is 14.8. The van der Waals surface area contributed by atoms with E-state index in [2.05, 4.69) is 4.90 Å². The van der Waals surface area contributed by atoms with Crippen molar-refractivity contribution in [2.75, 3.05) is 26.2 Å². The van der Waals surface area contributed by atoms with Crippen molar-refractivity contribution in [2.45, 2.75) is 37.1 Å². The highest BCUT2D eigenvalue weighted by Gasteiger charge is 2.40. The van der Waals surface area contributed by atoms with Crippen molar-refractivity contribution in [3.63, 3.8) is 0 Å². The van der Waals surface area contributed by atoms with Crippen molar-refractivity contribution in [1.82, 2.24) is 9.21 Å². The van der Waals surface area contributed by atoms with Gasteiger partial charge in [0, 0.05) is 25.0 Å².